The summed E-state index contributed by atoms with van der Waals surface area (Å²) in [5.41, 5.74) is 0. The fraction of sp³-hybridized carbons (Fsp3) is 1.00. The average Bonchev–Trinajstić information content (AvgIpc) is 2.07. The smallest absolute Gasteiger partial charge is 0.0122 e. The van der Waals surface area contributed by atoms with Crippen LogP contribution >= 0.6 is 0 Å². The predicted octanol–water partition coefficient (Wildman–Crippen LogP) is 1.47. The minimum Gasteiger partial charge on any atom is -0.317 e. The minimum absolute atomic E-state index is 0.707. The second-order valence-electron chi connectivity index (χ2n) is 3.91. The Kier molecular flexibility index (Phi) is 4.02. The summed E-state index contributed by atoms with van der Waals surface area (Å²) in [6.45, 7) is 10.5. The zero-order valence-electron chi connectivity index (χ0n) is 8.64. The summed E-state index contributed by atoms with van der Waals surface area (Å²) in [5, 5.41) is 3.41. The summed E-state index contributed by atoms with van der Waals surface area (Å²) in [6, 6.07) is 1.54. The highest BCUT2D eigenvalue weighted by Gasteiger charge is 2.20. The van der Waals surface area contributed by atoms with Gasteiger partial charge in [0.1, 0.15) is 0 Å². The summed E-state index contributed by atoms with van der Waals surface area (Å²) in [7, 11) is 0. The second-order valence-corrected chi connectivity index (χ2v) is 3.91. The molecule has 1 fully saturated rings. The van der Waals surface area contributed by atoms with Gasteiger partial charge in [-0.05, 0) is 46.3 Å². The van der Waals surface area contributed by atoms with E-state index in [0.717, 1.165) is 6.04 Å². The normalized spacial score (nSPS) is 20.8. The van der Waals surface area contributed by atoms with Gasteiger partial charge in [-0.1, -0.05) is 6.92 Å². The molecule has 0 aromatic heterocycles. The fourth-order valence-corrected chi connectivity index (χ4v) is 2.18. The van der Waals surface area contributed by atoms with Crippen molar-refractivity contribution in [3.05, 3.63) is 0 Å². The lowest BCUT2D eigenvalue weighted by molar-refractivity contribution is 0.133. The molecule has 0 saturated carbocycles. The van der Waals surface area contributed by atoms with Gasteiger partial charge in [-0.2, -0.15) is 0 Å². The summed E-state index contributed by atoms with van der Waals surface area (Å²) in [5.74, 6) is 0. The van der Waals surface area contributed by atoms with Gasteiger partial charge < -0.3 is 5.32 Å². The minimum atomic E-state index is 0.707. The molecule has 1 aliphatic rings. The maximum atomic E-state index is 3.41. The van der Waals surface area contributed by atoms with Crippen molar-refractivity contribution in [1.29, 1.82) is 0 Å². The van der Waals surface area contributed by atoms with Crippen LogP contribution in [0.3, 0.4) is 0 Å². The highest BCUT2D eigenvalue weighted by atomic mass is 15.2. The van der Waals surface area contributed by atoms with Crippen molar-refractivity contribution in [2.45, 2.75) is 45.7 Å². The molecular weight excluding hydrogens is 148 g/mol. The van der Waals surface area contributed by atoms with Crippen molar-refractivity contribution in [1.82, 2.24) is 10.2 Å². The van der Waals surface area contributed by atoms with Crippen LogP contribution < -0.4 is 5.32 Å². The summed E-state index contributed by atoms with van der Waals surface area (Å²) in [6.07, 6.45) is 2.65. The third-order valence-corrected chi connectivity index (χ3v) is 2.81. The Balaban J connectivity index is 2.40. The van der Waals surface area contributed by atoms with Gasteiger partial charge in [-0.25, -0.2) is 0 Å². The van der Waals surface area contributed by atoms with Crippen molar-refractivity contribution >= 4 is 0 Å². The Bertz CT molecular complexity index is 117. The highest BCUT2D eigenvalue weighted by molar-refractivity contribution is 4.78. The van der Waals surface area contributed by atoms with E-state index in [1.54, 1.807) is 0 Å². The quantitative estimate of drug-likeness (QED) is 0.690. The molecule has 1 heterocycles. The molecular formula is C10H22N2. The van der Waals surface area contributed by atoms with Crippen molar-refractivity contribution in [3.8, 4) is 0 Å². The Morgan fingerprint density at radius 1 is 1.33 bits per heavy atom. The average molecular weight is 170 g/mol. The van der Waals surface area contributed by atoms with E-state index in [4.69, 9.17) is 0 Å². The lowest BCUT2D eigenvalue weighted by atomic mass is 10.0. The molecule has 2 nitrogen and oxygen atoms in total. The monoisotopic (exact) mass is 170 g/mol. The van der Waals surface area contributed by atoms with Gasteiger partial charge in [0.2, 0.25) is 0 Å². The van der Waals surface area contributed by atoms with Gasteiger partial charge >= 0.3 is 0 Å². The molecule has 0 atom stereocenters. The molecule has 1 rings (SSSR count). The van der Waals surface area contributed by atoms with Crippen LogP contribution in [0.15, 0.2) is 0 Å². The van der Waals surface area contributed by atoms with E-state index in [9.17, 15) is 0 Å². The van der Waals surface area contributed by atoms with E-state index in [1.165, 1.54) is 32.5 Å². The van der Waals surface area contributed by atoms with E-state index in [-0.39, 0.29) is 0 Å². The van der Waals surface area contributed by atoms with Crippen LogP contribution in [-0.4, -0.2) is 36.6 Å². The van der Waals surface area contributed by atoms with Gasteiger partial charge in [0.15, 0.2) is 0 Å². The van der Waals surface area contributed by atoms with Gasteiger partial charge in [0.05, 0.1) is 0 Å². The molecule has 2 heteroatoms. The molecule has 1 saturated heterocycles. The molecule has 1 N–H and O–H groups in total. The van der Waals surface area contributed by atoms with Crippen LogP contribution in [0.5, 0.6) is 0 Å². The first kappa shape index (κ1) is 10.0. The molecule has 72 valence electrons. The first-order valence-corrected chi connectivity index (χ1v) is 5.22. The van der Waals surface area contributed by atoms with Crippen LogP contribution in [0.4, 0.5) is 0 Å². The third-order valence-electron chi connectivity index (χ3n) is 2.81. The van der Waals surface area contributed by atoms with E-state index in [2.05, 4.69) is 31.0 Å². The molecule has 0 spiro atoms. The van der Waals surface area contributed by atoms with Crippen molar-refractivity contribution in [3.63, 3.8) is 0 Å². The van der Waals surface area contributed by atoms with Gasteiger partial charge in [0.25, 0.3) is 0 Å². The first-order chi connectivity index (χ1) is 5.75. The lowest BCUT2D eigenvalue weighted by Gasteiger charge is -2.36. The summed E-state index contributed by atoms with van der Waals surface area (Å²) >= 11 is 0. The Labute approximate surface area is 76.3 Å². The molecule has 0 aromatic carbocycles. The Hall–Kier alpha value is -0.0800. The third kappa shape index (κ3) is 2.46. The number of hydrogen-bond acceptors (Lipinski definition) is 2. The first-order valence-electron chi connectivity index (χ1n) is 5.22. The van der Waals surface area contributed by atoms with Gasteiger partial charge in [-0.15, -0.1) is 0 Å². The summed E-state index contributed by atoms with van der Waals surface area (Å²) in [4.78, 5) is 2.61. The number of rotatable bonds is 3. The van der Waals surface area contributed by atoms with Crippen LogP contribution in [-0.2, 0) is 0 Å². The lowest BCUT2D eigenvalue weighted by Crippen LogP contribution is -2.46. The van der Waals surface area contributed by atoms with E-state index in [1.807, 2.05) is 0 Å². The molecule has 0 aromatic rings. The van der Waals surface area contributed by atoms with Crippen molar-refractivity contribution in [2.75, 3.05) is 19.6 Å². The summed E-state index contributed by atoms with van der Waals surface area (Å²) < 4.78 is 0. The number of nitrogens with zero attached hydrogens (tertiary/aromatic N) is 1. The SMILES string of the molecule is CCN(C(C)C)C1CCNCC1. The van der Waals surface area contributed by atoms with Crippen LogP contribution in [0.25, 0.3) is 0 Å². The Morgan fingerprint density at radius 3 is 2.33 bits per heavy atom. The topological polar surface area (TPSA) is 15.3 Å². The van der Waals surface area contributed by atoms with E-state index >= 15 is 0 Å². The predicted molar refractivity (Wildman–Crippen MR) is 53.4 cm³/mol. The molecule has 0 bridgehead atoms. The highest BCUT2D eigenvalue weighted by Crippen LogP contribution is 2.14. The van der Waals surface area contributed by atoms with Crippen LogP contribution in [0.2, 0.25) is 0 Å². The number of hydrogen-bond donors (Lipinski definition) is 1. The van der Waals surface area contributed by atoms with Crippen LogP contribution in [0, 0.1) is 0 Å². The molecule has 0 unspecified atom stereocenters. The van der Waals surface area contributed by atoms with Gasteiger partial charge in [-0.3, -0.25) is 4.90 Å². The molecule has 0 aliphatic carbocycles. The van der Waals surface area contributed by atoms with Crippen molar-refractivity contribution in [2.24, 2.45) is 0 Å². The fourth-order valence-electron chi connectivity index (χ4n) is 2.18. The zero-order chi connectivity index (χ0) is 8.97. The second kappa shape index (κ2) is 4.83. The van der Waals surface area contributed by atoms with Crippen molar-refractivity contribution < 1.29 is 0 Å². The van der Waals surface area contributed by atoms with E-state index < -0.39 is 0 Å². The molecule has 0 amide bonds. The Morgan fingerprint density at radius 2 is 1.92 bits per heavy atom. The number of piperidine rings is 1. The maximum Gasteiger partial charge on any atom is 0.0122 e. The van der Waals surface area contributed by atoms with Gasteiger partial charge in [0, 0.05) is 12.1 Å². The number of nitrogens with one attached hydrogen (secondary N) is 1. The maximum absolute atomic E-state index is 3.41. The van der Waals surface area contributed by atoms with Crippen LogP contribution in [0.1, 0.15) is 33.6 Å². The molecule has 12 heavy (non-hydrogen) atoms. The molecule has 0 radical (unpaired) electrons. The van der Waals surface area contributed by atoms with E-state index in [0.29, 0.717) is 6.04 Å². The standard InChI is InChI=1S/C10H22N2/c1-4-12(9(2)3)10-5-7-11-8-6-10/h9-11H,4-8H2,1-3H3. The molecule has 1 aliphatic heterocycles. The zero-order valence-corrected chi connectivity index (χ0v) is 8.64. The largest absolute Gasteiger partial charge is 0.317 e.